The average Bonchev–Trinajstić information content (AvgIpc) is 2.38. The molecule has 0 spiro atoms. The largest absolute Gasteiger partial charge is 0.489 e. The van der Waals surface area contributed by atoms with Crippen LogP contribution in [-0.4, -0.2) is 19.9 Å². The number of rotatable bonds is 7. The van der Waals surface area contributed by atoms with Crippen LogP contribution in [-0.2, 0) is 9.05 Å². The molecule has 0 bridgehead atoms. The van der Waals surface area contributed by atoms with Crippen LogP contribution in [0.3, 0.4) is 0 Å². The second-order valence-corrected chi connectivity index (χ2v) is 6.45. The maximum absolute atomic E-state index is 13.8. The molecule has 0 amide bonds. The minimum Gasteiger partial charge on any atom is -0.489 e. The van der Waals surface area contributed by atoms with Crippen molar-refractivity contribution in [3.05, 3.63) is 28.1 Å². The third-order valence-electron chi connectivity index (χ3n) is 2.40. The van der Waals surface area contributed by atoms with Crippen molar-refractivity contribution >= 4 is 25.4 Å². The van der Waals surface area contributed by atoms with Crippen LogP contribution >= 0.6 is 10.7 Å². The zero-order valence-electron chi connectivity index (χ0n) is 10.6. The van der Waals surface area contributed by atoms with E-state index in [4.69, 9.17) is 20.7 Å². The second kappa shape index (κ2) is 7.19. The molecule has 0 saturated heterocycles. The molecule has 7 nitrogen and oxygen atoms in total. The molecule has 21 heavy (non-hydrogen) atoms. The van der Waals surface area contributed by atoms with E-state index in [-0.39, 0.29) is 13.0 Å². The maximum Gasteiger partial charge on any atom is 0.273 e. The average molecular weight is 337 g/mol. The summed E-state index contributed by atoms with van der Waals surface area (Å²) in [5.74, 6) is -1.85. The van der Waals surface area contributed by atoms with Crippen LogP contribution in [0.25, 0.3) is 0 Å². The summed E-state index contributed by atoms with van der Waals surface area (Å²) in [7, 11) is 0.726. The first-order chi connectivity index (χ1) is 9.77. The van der Waals surface area contributed by atoms with E-state index in [9.17, 15) is 22.9 Å². The molecule has 1 aromatic rings. The molecule has 0 aliphatic heterocycles. The molecule has 0 heterocycles. The molecule has 0 saturated carbocycles. The Morgan fingerprint density at radius 1 is 1.43 bits per heavy atom. The summed E-state index contributed by atoms with van der Waals surface area (Å²) in [5, 5.41) is 19.0. The Morgan fingerprint density at radius 3 is 2.62 bits per heavy atom. The number of hydrogen-bond donors (Lipinski definition) is 0. The minimum atomic E-state index is -4.41. The summed E-state index contributed by atoms with van der Waals surface area (Å²) in [6.45, 7) is -0.0458. The van der Waals surface area contributed by atoms with Crippen LogP contribution < -0.4 is 4.74 Å². The highest BCUT2D eigenvalue weighted by molar-refractivity contribution is 8.13. The molecule has 0 aromatic heterocycles. The number of unbranched alkanes of at least 4 members (excludes halogenated alkanes) is 2. The summed E-state index contributed by atoms with van der Waals surface area (Å²) in [4.78, 5) is 8.87. The highest BCUT2D eigenvalue weighted by Crippen LogP contribution is 2.34. The van der Waals surface area contributed by atoms with Gasteiger partial charge in [0.25, 0.3) is 14.7 Å². The Kier molecular flexibility index (Phi) is 5.87. The van der Waals surface area contributed by atoms with Crippen LogP contribution in [0.15, 0.2) is 17.0 Å². The molecule has 0 aliphatic rings. The lowest BCUT2D eigenvalue weighted by molar-refractivity contribution is -0.385. The lowest BCUT2D eigenvalue weighted by Gasteiger charge is -2.10. The number of benzene rings is 1. The van der Waals surface area contributed by atoms with E-state index >= 15 is 0 Å². The number of hydrogen-bond acceptors (Lipinski definition) is 6. The van der Waals surface area contributed by atoms with Crippen LogP contribution in [0, 0.1) is 27.3 Å². The molecule has 10 heteroatoms. The Hall–Kier alpha value is -1.92. The van der Waals surface area contributed by atoms with Crippen molar-refractivity contribution in [3.63, 3.8) is 0 Å². The summed E-state index contributed by atoms with van der Waals surface area (Å²) in [5.41, 5.74) is -0.747. The number of ether oxygens (including phenoxy) is 1. The van der Waals surface area contributed by atoms with Crippen LogP contribution in [0.4, 0.5) is 10.1 Å². The van der Waals surface area contributed by atoms with E-state index in [0.29, 0.717) is 25.0 Å². The molecule has 1 rings (SSSR count). The van der Waals surface area contributed by atoms with Gasteiger partial charge in [-0.1, -0.05) is 0 Å². The lowest BCUT2D eigenvalue weighted by Crippen LogP contribution is -2.05. The Bertz CT molecular complexity index is 687. The van der Waals surface area contributed by atoms with Gasteiger partial charge in [0.2, 0.25) is 0 Å². The first-order valence-electron chi connectivity index (χ1n) is 5.69. The van der Waals surface area contributed by atoms with E-state index in [0.717, 1.165) is 0 Å². The highest BCUT2D eigenvalue weighted by atomic mass is 35.7. The molecule has 1 aromatic carbocycles. The number of non-ortho nitro benzene ring substituents is 1. The van der Waals surface area contributed by atoms with E-state index in [1.54, 1.807) is 0 Å². The van der Waals surface area contributed by atoms with Gasteiger partial charge in [-0.2, -0.15) is 5.26 Å². The van der Waals surface area contributed by atoms with Crippen LogP contribution in [0.1, 0.15) is 19.3 Å². The zero-order chi connectivity index (χ0) is 16.0. The van der Waals surface area contributed by atoms with E-state index < -0.39 is 36.1 Å². The van der Waals surface area contributed by atoms with Crippen molar-refractivity contribution in [3.8, 4) is 11.8 Å². The number of nitro groups is 1. The van der Waals surface area contributed by atoms with Gasteiger partial charge in [0.1, 0.15) is 4.90 Å². The van der Waals surface area contributed by atoms with Crippen LogP contribution in [0.2, 0.25) is 0 Å². The van der Waals surface area contributed by atoms with Gasteiger partial charge < -0.3 is 4.74 Å². The normalized spacial score (nSPS) is 10.9. The Morgan fingerprint density at radius 2 is 2.10 bits per heavy atom. The zero-order valence-corrected chi connectivity index (χ0v) is 12.2. The molecule has 0 aliphatic carbocycles. The molecule has 0 radical (unpaired) electrons. The second-order valence-electron chi connectivity index (χ2n) is 3.91. The van der Waals surface area contributed by atoms with Gasteiger partial charge in [-0.05, 0) is 12.8 Å². The molecule has 0 fully saturated rings. The van der Waals surface area contributed by atoms with Crippen LogP contribution in [0.5, 0.6) is 5.75 Å². The topological polar surface area (TPSA) is 110 Å². The summed E-state index contributed by atoms with van der Waals surface area (Å²) < 4.78 is 41.5. The molecule has 0 unspecified atom stereocenters. The summed E-state index contributed by atoms with van der Waals surface area (Å²) >= 11 is 0. The predicted molar refractivity (Wildman–Crippen MR) is 71.1 cm³/mol. The van der Waals surface area contributed by atoms with E-state index in [2.05, 4.69) is 0 Å². The molecule has 114 valence electrons. The van der Waals surface area contributed by atoms with E-state index in [1.807, 2.05) is 6.07 Å². The van der Waals surface area contributed by atoms with Crippen molar-refractivity contribution in [1.29, 1.82) is 5.26 Å². The standard InChI is InChI=1S/C11H10ClFN2O5S/c12-21(18,19)10-7-8(15(16)17)6-9(13)11(10)20-5-3-1-2-4-14/h6-7H,1-3,5H2. The maximum atomic E-state index is 13.8. The van der Waals surface area contributed by atoms with Gasteiger partial charge in [-0.25, -0.2) is 12.8 Å². The predicted octanol–water partition coefficient (Wildman–Crippen LogP) is 2.73. The fourth-order valence-electron chi connectivity index (χ4n) is 1.46. The van der Waals surface area contributed by atoms with Crippen molar-refractivity contribution in [2.24, 2.45) is 0 Å². The monoisotopic (exact) mass is 336 g/mol. The van der Waals surface area contributed by atoms with Gasteiger partial charge >= 0.3 is 0 Å². The van der Waals surface area contributed by atoms with Gasteiger partial charge in [0.05, 0.1) is 23.7 Å². The molecule has 0 atom stereocenters. The van der Waals surface area contributed by atoms with E-state index in [1.165, 1.54) is 0 Å². The number of nitriles is 1. The first kappa shape index (κ1) is 17.1. The van der Waals surface area contributed by atoms with Crippen molar-refractivity contribution < 1.29 is 22.5 Å². The SMILES string of the molecule is N#CCCCCOc1c(F)cc([N+](=O)[O-])cc1S(=O)(=O)Cl. The number of nitrogens with zero attached hydrogens (tertiary/aromatic N) is 2. The number of halogens is 2. The Labute approximate surface area is 124 Å². The molecular formula is C11H10ClFN2O5S. The lowest BCUT2D eigenvalue weighted by atomic mass is 10.2. The molecular weight excluding hydrogens is 327 g/mol. The Balaban J connectivity index is 3.07. The van der Waals surface area contributed by atoms with Crippen molar-refractivity contribution in [2.45, 2.75) is 24.2 Å². The van der Waals surface area contributed by atoms with Crippen molar-refractivity contribution in [1.82, 2.24) is 0 Å². The highest BCUT2D eigenvalue weighted by Gasteiger charge is 2.25. The smallest absolute Gasteiger partial charge is 0.273 e. The fourth-order valence-corrected chi connectivity index (χ4v) is 2.44. The number of nitro benzene ring substituents is 1. The fraction of sp³-hybridized carbons (Fsp3) is 0.364. The minimum absolute atomic E-state index is 0.0458. The van der Waals surface area contributed by atoms with Gasteiger partial charge in [-0.3, -0.25) is 10.1 Å². The summed E-state index contributed by atoms with van der Waals surface area (Å²) in [6.07, 6.45) is 1.17. The quantitative estimate of drug-likeness (QED) is 0.327. The first-order valence-corrected chi connectivity index (χ1v) is 8.00. The van der Waals surface area contributed by atoms with Crippen molar-refractivity contribution in [2.75, 3.05) is 6.61 Å². The molecule has 0 N–H and O–H groups in total. The van der Waals surface area contributed by atoms with Gasteiger partial charge in [-0.15, -0.1) is 0 Å². The summed E-state index contributed by atoms with van der Waals surface area (Å²) in [6, 6.07) is 3.10. The van der Waals surface area contributed by atoms with Gasteiger partial charge in [0.15, 0.2) is 11.6 Å². The van der Waals surface area contributed by atoms with Gasteiger partial charge in [0, 0.05) is 23.2 Å². The third kappa shape index (κ3) is 4.84. The third-order valence-corrected chi connectivity index (χ3v) is 3.72.